The van der Waals surface area contributed by atoms with Gasteiger partial charge in [-0.1, -0.05) is 54.1 Å². The van der Waals surface area contributed by atoms with Crippen LogP contribution in [0.1, 0.15) is 21.7 Å². The van der Waals surface area contributed by atoms with E-state index in [0.717, 1.165) is 29.7 Å². The average molecular weight is 376 g/mol. The number of nitrogens with one attached hydrogen (secondary N) is 2. The minimum atomic E-state index is -0.233. The highest BCUT2D eigenvalue weighted by Gasteiger charge is 2.11. The van der Waals surface area contributed by atoms with Gasteiger partial charge in [0.25, 0.3) is 5.91 Å². The molecule has 27 heavy (non-hydrogen) atoms. The Morgan fingerprint density at radius 2 is 1.74 bits per heavy atom. The van der Waals surface area contributed by atoms with Crippen molar-refractivity contribution in [3.05, 3.63) is 94.8 Å². The molecule has 0 spiro atoms. The first-order valence-corrected chi connectivity index (χ1v) is 9.15. The fourth-order valence-electron chi connectivity index (χ4n) is 3.01. The van der Waals surface area contributed by atoms with Gasteiger partial charge in [0.2, 0.25) is 0 Å². The van der Waals surface area contributed by atoms with E-state index in [1.165, 1.54) is 5.56 Å². The molecule has 0 radical (unpaired) electrons. The number of aromatic nitrogens is 2. The molecule has 0 unspecified atom stereocenters. The van der Waals surface area contributed by atoms with Crippen molar-refractivity contribution in [3.63, 3.8) is 0 Å². The average Bonchev–Trinajstić information content (AvgIpc) is 3.10. The smallest absolute Gasteiger partial charge is 0.257 e. The van der Waals surface area contributed by atoms with Crippen molar-refractivity contribution >= 4 is 34.2 Å². The molecule has 0 aliphatic heterocycles. The molecule has 1 heterocycles. The highest BCUT2D eigenvalue weighted by molar-refractivity contribution is 6.34. The van der Waals surface area contributed by atoms with E-state index < -0.39 is 0 Å². The topological polar surface area (TPSA) is 57.8 Å². The van der Waals surface area contributed by atoms with Gasteiger partial charge >= 0.3 is 0 Å². The van der Waals surface area contributed by atoms with Gasteiger partial charge in [0, 0.05) is 12.1 Å². The fourth-order valence-corrected chi connectivity index (χ4v) is 3.23. The number of imidazole rings is 1. The van der Waals surface area contributed by atoms with Crippen LogP contribution in [-0.2, 0) is 12.8 Å². The molecule has 0 saturated heterocycles. The highest BCUT2D eigenvalue weighted by Crippen LogP contribution is 2.21. The van der Waals surface area contributed by atoms with Gasteiger partial charge in [0.1, 0.15) is 5.82 Å². The maximum atomic E-state index is 12.4. The molecule has 4 nitrogen and oxygen atoms in total. The van der Waals surface area contributed by atoms with Gasteiger partial charge in [0.05, 0.1) is 21.6 Å². The summed E-state index contributed by atoms with van der Waals surface area (Å²) in [6, 6.07) is 23.0. The molecule has 0 aliphatic carbocycles. The Labute approximate surface area is 162 Å². The molecular weight excluding hydrogens is 358 g/mol. The lowest BCUT2D eigenvalue weighted by Gasteiger charge is -2.06. The van der Waals surface area contributed by atoms with Crippen LogP contribution in [0.25, 0.3) is 11.0 Å². The van der Waals surface area contributed by atoms with Crippen LogP contribution in [0.4, 0.5) is 5.69 Å². The van der Waals surface area contributed by atoms with Gasteiger partial charge in [-0.3, -0.25) is 4.79 Å². The van der Waals surface area contributed by atoms with E-state index in [1.807, 2.05) is 36.4 Å². The first-order chi connectivity index (χ1) is 13.2. The number of hydrogen-bond acceptors (Lipinski definition) is 2. The zero-order valence-electron chi connectivity index (χ0n) is 14.6. The van der Waals surface area contributed by atoms with Crippen LogP contribution in [0.15, 0.2) is 72.8 Å². The Balaban J connectivity index is 1.49. The van der Waals surface area contributed by atoms with Gasteiger partial charge in [-0.2, -0.15) is 0 Å². The van der Waals surface area contributed by atoms with E-state index in [2.05, 4.69) is 27.4 Å². The van der Waals surface area contributed by atoms with Crippen LogP contribution < -0.4 is 5.32 Å². The third kappa shape index (κ3) is 4.01. The number of halogens is 1. The molecule has 4 rings (SSSR count). The van der Waals surface area contributed by atoms with Crippen molar-refractivity contribution in [3.8, 4) is 0 Å². The molecule has 0 saturated carbocycles. The Kier molecular flexibility index (Phi) is 4.90. The molecule has 1 amide bonds. The zero-order chi connectivity index (χ0) is 18.6. The van der Waals surface area contributed by atoms with E-state index in [9.17, 15) is 4.79 Å². The van der Waals surface area contributed by atoms with E-state index in [-0.39, 0.29) is 5.91 Å². The van der Waals surface area contributed by atoms with Crippen LogP contribution in [0.3, 0.4) is 0 Å². The van der Waals surface area contributed by atoms with E-state index in [1.54, 1.807) is 24.3 Å². The predicted molar refractivity (Wildman–Crippen MR) is 109 cm³/mol. The van der Waals surface area contributed by atoms with Crippen molar-refractivity contribution in [2.45, 2.75) is 12.8 Å². The first-order valence-electron chi connectivity index (χ1n) is 8.77. The zero-order valence-corrected chi connectivity index (χ0v) is 15.3. The van der Waals surface area contributed by atoms with Crippen LogP contribution in [-0.4, -0.2) is 15.9 Å². The van der Waals surface area contributed by atoms with Crippen molar-refractivity contribution in [2.75, 3.05) is 5.32 Å². The summed E-state index contributed by atoms with van der Waals surface area (Å²) in [5, 5.41) is 3.32. The molecule has 2 N–H and O–H groups in total. The molecule has 5 heteroatoms. The van der Waals surface area contributed by atoms with Crippen LogP contribution >= 0.6 is 11.6 Å². The number of nitrogens with zero attached hydrogens (tertiary/aromatic N) is 1. The summed E-state index contributed by atoms with van der Waals surface area (Å²) in [6.07, 6.45) is 1.76. The second-order valence-corrected chi connectivity index (χ2v) is 6.74. The number of rotatable bonds is 5. The minimum absolute atomic E-state index is 0.233. The lowest BCUT2D eigenvalue weighted by atomic mass is 10.1. The number of hydrogen-bond donors (Lipinski definition) is 2. The summed E-state index contributed by atoms with van der Waals surface area (Å²) in [7, 11) is 0. The van der Waals surface area contributed by atoms with Crippen molar-refractivity contribution in [1.82, 2.24) is 9.97 Å². The molecule has 134 valence electrons. The first kappa shape index (κ1) is 17.3. The summed E-state index contributed by atoms with van der Waals surface area (Å²) >= 11 is 6.09. The number of anilines is 1. The second kappa shape index (κ2) is 7.64. The lowest BCUT2D eigenvalue weighted by Crippen LogP contribution is -2.12. The van der Waals surface area contributed by atoms with Gasteiger partial charge < -0.3 is 10.3 Å². The molecular formula is C22H18ClN3O. The highest BCUT2D eigenvalue weighted by atomic mass is 35.5. The van der Waals surface area contributed by atoms with Gasteiger partial charge in [-0.25, -0.2) is 4.98 Å². The molecule has 3 aromatic carbocycles. The standard InChI is InChI=1S/C22H18ClN3O/c23-18-9-5-4-8-17(18)22(27)24-16-11-12-19-20(14-16)26-21(25-19)13-10-15-6-2-1-3-7-15/h1-9,11-12,14H,10,13H2,(H,24,27)(H,25,26). The number of aromatic amines is 1. The van der Waals surface area contributed by atoms with Crippen LogP contribution in [0, 0.1) is 0 Å². The van der Waals surface area contributed by atoms with Crippen LogP contribution in [0.2, 0.25) is 5.02 Å². The molecule has 4 aromatic rings. The Bertz CT molecular complexity index is 1090. The summed E-state index contributed by atoms with van der Waals surface area (Å²) < 4.78 is 0. The maximum Gasteiger partial charge on any atom is 0.257 e. The number of benzene rings is 3. The van der Waals surface area contributed by atoms with Gasteiger partial charge in [-0.05, 0) is 42.3 Å². The lowest BCUT2D eigenvalue weighted by molar-refractivity contribution is 0.102. The largest absolute Gasteiger partial charge is 0.342 e. The third-order valence-corrected chi connectivity index (χ3v) is 4.73. The second-order valence-electron chi connectivity index (χ2n) is 6.33. The summed E-state index contributed by atoms with van der Waals surface area (Å²) in [5.41, 5.74) is 4.22. The third-order valence-electron chi connectivity index (χ3n) is 4.40. The quantitative estimate of drug-likeness (QED) is 0.500. The van der Waals surface area contributed by atoms with Crippen LogP contribution in [0.5, 0.6) is 0 Å². The monoisotopic (exact) mass is 375 g/mol. The van der Waals surface area contributed by atoms with Crippen molar-refractivity contribution in [1.29, 1.82) is 0 Å². The Morgan fingerprint density at radius 3 is 2.56 bits per heavy atom. The summed E-state index contributed by atoms with van der Waals surface area (Å²) in [4.78, 5) is 20.4. The Morgan fingerprint density at radius 1 is 0.963 bits per heavy atom. The van der Waals surface area contributed by atoms with E-state index >= 15 is 0 Å². The van der Waals surface area contributed by atoms with Gasteiger partial charge in [-0.15, -0.1) is 0 Å². The maximum absolute atomic E-state index is 12.4. The number of H-pyrrole nitrogens is 1. The molecule has 0 bridgehead atoms. The van der Waals surface area contributed by atoms with Crippen molar-refractivity contribution in [2.24, 2.45) is 0 Å². The Hall–Kier alpha value is -3.11. The summed E-state index contributed by atoms with van der Waals surface area (Å²) in [5.74, 6) is 0.701. The number of carbonyl (C=O) groups excluding carboxylic acids is 1. The number of fused-ring (bicyclic) bond motifs is 1. The predicted octanol–water partition coefficient (Wildman–Crippen LogP) is 5.25. The number of carbonyl (C=O) groups is 1. The SMILES string of the molecule is O=C(Nc1ccc2nc(CCc3ccccc3)[nH]c2c1)c1ccccc1Cl. The summed E-state index contributed by atoms with van der Waals surface area (Å²) in [6.45, 7) is 0. The van der Waals surface area contributed by atoms with E-state index in [0.29, 0.717) is 16.3 Å². The fraction of sp³-hybridized carbons (Fsp3) is 0.0909. The number of amides is 1. The van der Waals surface area contributed by atoms with E-state index in [4.69, 9.17) is 11.6 Å². The number of aryl methyl sites for hydroxylation is 2. The van der Waals surface area contributed by atoms with Crippen molar-refractivity contribution < 1.29 is 4.79 Å². The molecule has 0 atom stereocenters. The van der Waals surface area contributed by atoms with Gasteiger partial charge in [0.15, 0.2) is 0 Å². The molecule has 0 aliphatic rings. The minimum Gasteiger partial charge on any atom is -0.342 e. The molecule has 1 aromatic heterocycles. The normalized spacial score (nSPS) is 10.9. The molecule has 0 fully saturated rings.